The minimum atomic E-state index is -3.67. The third-order valence-electron chi connectivity index (χ3n) is 3.76. The molecule has 0 unspecified atom stereocenters. The Hall–Kier alpha value is -1.83. The van der Waals surface area contributed by atoms with Crippen LogP contribution >= 0.6 is 11.8 Å². The molecule has 0 aliphatic rings. The van der Waals surface area contributed by atoms with E-state index in [1.807, 2.05) is 30.5 Å². The average Bonchev–Trinajstić information content (AvgIpc) is 2.56. The molecule has 0 saturated carbocycles. The Morgan fingerprint density at radius 1 is 1.16 bits per heavy atom. The molecule has 0 bridgehead atoms. The molecule has 134 valence electrons. The summed E-state index contributed by atoms with van der Waals surface area (Å²) in [7, 11) is -2.11. The zero-order valence-corrected chi connectivity index (χ0v) is 16.4. The second-order valence-corrected chi connectivity index (χ2v) is 8.66. The Morgan fingerprint density at radius 3 is 2.36 bits per heavy atom. The molecule has 0 fully saturated rings. The van der Waals surface area contributed by atoms with Gasteiger partial charge in [-0.3, -0.25) is 4.79 Å². The molecule has 0 spiro atoms. The number of rotatable bonds is 6. The van der Waals surface area contributed by atoms with Gasteiger partial charge < -0.3 is 5.32 Å². The first-order valence-corrected chi connectivity index (χ1v) is 10.4. The molecule has 0 saturated heterocycles. The summed E-state index contributed by atoms with van der Waals surface area (Å²) in [4.78, 5) is 12.5. The normalized spacial score (nSPS) is 11.6. The van der Waals surface area contributed by atoms with Gasteiger partial charge in [0.2, 0.25) is 15.9 Å². The van der Waals surface area contributed by atoms with Crippen LogP contribution in [0.4, 0.5) is 5.69 Å². The molecular weight excluding hydrogens is 356 g/mol. The summed E-state index contributed by atoms with van der Waals surface area (Å²) >= 11 is 1.64. The third-order valence-corrected chi connectivity index (χ3v) is 6.45. The van der Waals surface area contributed by atoms with Gasteiger partial charge in [0.25, 0.3) is 0 Å². The first-order valence-electron chi connectivity index (χ1n) is 7.71. The summed E-state index contributed by atoms with van der Waals surface area (Å²) in [5.74, 6) is -0.241. The summed E-state index contributed by atoms with van der Waals surface area (Å²) in [6.07, 6.45) is 2.00. The van der Waals surface area contributed by atoms with Crippen molar-refractivity contribution in [3.8, 4) is 0 Å². The highest BCUT2D eigenvalue weighted by molar-refractivity contribution is 7.98. The van der Waals surface area contributed by atoms with Crippen molar-refractivity contribution in [2.45, 2.75) is 30.2 Å². The second-order valence-electron chi connectivity index (χ2n) is 5.77. The summed E-state index contributed by atoms with van der Waals surface area (Å²) in [6.45, 7) is 3.41. The van der Waals surface area contributed by atoms with E-state index in [0.29, 0.717) is 11.3 Å². The number of nitrogens with zero attached hydrogens (tertiary/aromatic N) is 1. The van der Waals surface area contributed by atoms with Crippen molar-refractivity contribution >= 4 is 33.4 Å². The van der Waals surface area contributed by atoms with Crippen LogP contribution in [0.1, 0.15) is 18.1 Å². The summed E-state index contributed by atoms with van der Waals surface area (Å²) in [6, 6.07) is 12.7. The standard InChI is InChI=1S/C18H22N2O3S2/c1-13-5-8-16(19-14(2)21)11-18(13)25(22,23)20(3)12-15-6-9-17(24-4)10-7-15/h5-11H,12H2,1-4H3,(H,19,21). The number of anilines is 1. The minimum Gasteiger partial charge on any atom is -0.326 e. The van der Waals surface area contributed by atoms with E-state index >= 15 is 0 Å². The fraction of sp³-hybridized carbons (Fsp3) is 0.278. The first kappa shape index (κ1) is 19.5. The molecule has 1 amide bonds. The SMILES string of the molecule is CSc1ccc(CN(C)S(=O)(=O)c2cc(NC(C)=O)ccc2C)cc1. The van der Waals surface area contributed by atoms with Crippen LogP contribution in [0.3, 0.4) is 0 Å². The molecule has 5 nitrogen and oxygen atoms in total. The Labute approximate surface area is 153 Å². The van der Waals surface area contributed by atoms with Crippen molar-refractivity contribution in [1.82, 2.24) is 4.31 Å². The van der Waals surface area contributed by atoms with Gasteiger partial charge in [-0.1, -0.05) is 18.2 Å². The number of nitrogens with one attached hydrogen (secondary N) is 1. The zero-order valence-electron chi connectivity index (χ0n) is 14.7. The van der Waals surface area contributed by atoms with Gasteiger partial charge in [-0.25, -0.2) is 8.42 Å². The van der Waals surface area contributed by atoms with Crippen molar-refractivity contribution in [1.29, 1.82) is 0 Å². The van der Waals surface area contributed by atoms with Gasteiger partial charge in [-0.05, 0) is 48.6 Å². The van der Waals surface area contributed by atoms with Gasteiger partial charge in [-0.2, -0.15) is 4.31 Å². The van der Waals surface area contributed by atoms with Crippen LogP contribution in [0.25, 0.3) is 0 Å². The number of benzene rings is 2. The highest BCUT2D eigenvalue weighted by Gasteiger charge is 2.23. The molecular formula is C18H22N2O3S2. The minimum absolute atomic E-state index is 0.196. The van der Waals surface area contributed by atoms with E-state index < -0.39 is 10.0 Å². The Bertz CT molecular complexity index is 862. The van der Waals surface area contributed by atoms with Crippen LogP contribution in [0, 0.1) is 6.92 Å². The number of amides is 1. The van der Waals surface area contributed by atoms with Gasteiger partial charge >= 0.3 is 0 Å². The van der Waals surface area contributed by atoms with Crippen LogP contribution in [0.5, 0.6) is 0 Å². The first-order chi connectivity index (χ1) is 11.7. The predicted octanol–water partition coefficient (Wildman–Crippen LogP) is 3.50. The van der Waals surface area contributed by atoms with Crippen molar-refractivity contribution in [2.24, 2.45) is 0 Å². The topological polar surface area (TPSA) is 66.5 Å². The molecule has 7 heteroatoms. The Balaban J connectivity index is 2.28. The van der Waals surface area contributed by atoms with Gasteiger partial charge in [0.05, 0.1) is 4.90 Å². The zero-order chi connectivity index (χ0) is 18.6. The Morgan fingerprint density at radius 2 is 1.80 bits per heavy atom. The van der Waals surface area contributed by atoms with E-state index in [4.69, 9.17) is 0 Å². The maximum Gasteiger partial charge on any atom is 0.243 e. The van der Waals surface area contributed by atoms with Crippen molar-refractivity contribution in [2.75, 3.05) is 18.6 Å². The maximum absolute atomic E-state index is 12.9. The molecule has 2 aromatic rings. The molecule has 1 N–H and O–H groups in total. The van der Waals surface area contributed by atoms with Crippen LogP contribution in [0.2, 0.25) is 0 Å². The lowest BCUT2D eigenvalue weighted by Crippen LogP contribution is -2.27. The Kier molecular flexibility index (Phi) is 6.26. The lowest BCUT2D eigenvalue weighted by molar-refractivity contribution is -0.114. The highest BCUT2D eigenvalue weighted by atomic mass is 32.2. The summed E-state index contributed by atoms with van der Waals surface area (Å²) in [5, 5.41) is 2.62. The lowest BCUT2D eigenvalue weighted by atomic mass is 10.2. The quantitative estimate of drug-likeness (QED) is 0.782. The summed E-state index contributed by atoms with van der Waals surface area (Å²) in [5.41, 5.74) is 2.02. The van der Waals surface area contributed by atoms with Crippen molar-refractivity contribution in [3.63, 3.8) is 0 Å². The van der Waals surface area contributed by atoms with E-state index in [-0.39, 0.29) is 17.3 Å². The molecule has 0 atom stereocenters. The lowest BCUT2D eigenvalue weighted by Gasteiger charge is -2.19. The number of thioether (sulfide) groups is 1. The van der Waals surface area contributed by atoms with Crippen molar-refractivity contribution in [3.05, 3.63) is 53.6 Å². The van der Waals surface area contributed by atoms with Crippen molar-refractivity contribution < 1.29 is 13.2 Å². The number of sulfonamides is 1. The number of hydrogen-bond acceptors (Lipinski definition) is 4. The molecule has 0 radical (unpaired) electrons. The number of aryl methyl sites for hydroxylation is 1. The molecule has 0 aliphatic heterocycles. The number of carbonyl (C=O) groups excluding carboxylic acids is 1. The van der Waals surface area contributed by atoms with Gasteiger partial charge in [0.1, 0.15) is 0 Å². The van der Waals surface area contributed by atoms with E-state index in [1.54, 1.807) is 37.9 Å². The van der Waals surface area contributed by atoms with Gasteiger partial charge in [0, 0.05) is 31.1 Å². The summed E-state index contributed by atoms with van der Waals surface area (Å²) < 4.78 is 27.2. The van der Waals surface area contributed by atoms with Gasteiger partial charge in [0.15, 0.2) is 0 Å². The largest absolute Gasteiger partial charge is 0.326 e. The number of carbonyl (C=O) groups is 1. The van der Waals surface area contributed by atoms with Crippen LogP contribution in [0.15, 0.2) is 52.3 Å². The second kappa shape index (κ2) is 8.03. The van der Waals surface area contributed by atoms with E-state index in [1.165, 1.54) is 17.3 Å². The molecule has 25 heavy (non-hydrogen) atoms. The monoisotopic (exact) mass is 378 g/mol. The van der Waals surface area contributed by atoms with Crippen LogP contribution < -0.4 is 5.32 Å². The molecule has 0 heterocycles. The van der Waals surface area contributed by atoms with E-state index in [2.05, 4.69) is 5.32 Å². The van der Waals surface area contributed by atoms with Gasteiger partial charge in [-0.15, -0.1) is 11.8 Å². The average molecular weight is 379 g/mol. The van der Waals surface area contributed by atoms with E-state index in [9.17, 15) is 13.2 Å². The molecule has 2 rings (SSSR count). The molecule has 0 aromatic heterocycles. The molecule has 2 aromatic carbocycles. The smallest absolute Gasteiger partial charge is 0.243 e. The number of hydrogen-bond donors (Lipinski definition) is 1. The predicted molar refractivity (Wildman–Crippen MR) is 102 cm³/mol. The van der Waals surface area contributed by atoms with Crippen LogP contribution in [-0.4, -0.2) is 31.9 Å². The fourth-order valence-electron chi connectivity index (χ4n) is 2.40. The molecule has 0 aliphatic carbocycles. The van der Waals surface area contributed by atoms with Crippen LogP contribution in [-0.2, 0) is 21.4 Å². The van der Waals surface area contributed by atoms with E-state index in [0.717, 1.165) is 10.5 Å². The fourth-order valence-corrected chi connectivity index (χ4v) is 4.21. The highest BCUT2D eigenvalue weighted by Crippen LogP contribution is 2.24. The third kappa shape index (κ3) is 4.84. The maximum atomic E-state index is 12.9.